The Kier molecular flexibility index (Phi) is 7.19. The average molecular weight is 376 g/mol. The van der Waals surface area contributed by atoms with Gasteiger partial charge in [-0.05, 0) is 64.8 Å². The highest BCUT2D eigenvalue weighted by molar-refractivity contribution is 5.80. The molecule has 0 spiro atoms. The molecule has 0 saturated carbocycles. The van der Waals surface area contributed by atoms with Crippen LogP contribution in [0.4, 0.5) is 0 Å². The van der Waals surface area contributed by atoms with Crippen LogP contribution >= 0.6 is 0 Å². The molecular weight excluding hydrogens is 338 g/mol. The Labute approximate surface area is 164 Å². The lowest BCUT2D eigenvalue weighted by molar-refractivity contribution is 0.221. The summed E-state index contributed by atoms with van der Waals surface area (Å²) < 4.78 is 5.73. The number of likely N-dealkylation sites (tertiary alicyclic amines) is 2. The zero-order valence-electron chi connectivity index (χ0n) is 17.4. The summed E-state index contributed by atoms with van der Waals surface area (Å²) in [4.78, 5) is 10.0. The Morgan fingerprint density at radius 2 is 2.04 bits per heavy atom. The molecule has 3 unspecified atom stereocenters. The number of guanidine groups is 1. The average Bonchev–Trinajstić information content (AvgIpc) is 3.38. The van der Waals surface area contributed by atoms with E-state index >= 15 is 0 Å². The van der Waals surface area contributed by atoms with Crippen LogP contribution in [0.1, 0.15) is 52.3 Å². The van der Waals surface area contributed by atoms with Crippen molar-refractivity contribution in [2.75, 3.05) is 39.3 Å². The molecule has 1 aromatic rings. The van der Waals surface area contributed by atoms with E-state index in [0.29, 0.717) is 18.0 Å². The van der Waals surface area contributed by atoms with E-state index in [0.717, 1.165) is 51.0 Å². The van der Waals surface area contributed by atoms with Gasteiger partial charge in [-0.3, -0.25) is 14.8 Å². The van der Waals surface area contributed by atoms with Gasteiger partial charge in [0.2, 0.25) is 0 Å². The maximum atomic E-state index is 5.73. The maximum Gasteiger partial charge on any atom is 0.191 e. The van der Waals surface area contributed by atoms with Crippen molar-refractivity contribution in [1.29, 1.82) is 0 Å². The lowest BCUT2D eigenvalue weighted by Crippen LogP contribution is -2.47. The van der Waals surface area contributed by atoms with Crippen molar-refractivity contribution in [3.63, 3.8) is 0 Å². The minimum absolute atomic E-state index is 0.228. The highest BCUT2D eigenvalue weighted by atomic mass is 16.3. The van der Waals surface area contributed by atoms with Crippen molar-refractivity contribution in [3.05, 3.63) is 24.2 Å². The Morgan fingerprint density at radius 1 is 1.26 bits per heavy atom. The van der Waals surface area contributed by atoms with Crippen LogP contribution in [0.25, 0.3) is 0 Å². The van der Waals surface area contributed by atoms with E-state index in [1.54, 1.807) is 6.26 Å². The first-order valence-electron chi connectivity index (χ1n) is 10.6. The molecule has 2 aliphatic rings. The second-order valence-corrected chi connectivity index (χ2v) is 8.27. The SMILES string of the molecule is CCNC(=NCC(c1ccco1)N1CCCC1)NC1CN(C(C)C)CC1C. The van der Waals surface area contributed by atoms with Crippen LogP contribution in [-0.2, 0) is 0 Å². The van der Waals surface area contributed by atoms with Crippen molar-refractivity contribution in [2.45, 2.75) is 58.7 Å². The van der Waals surface area contributed by atoms with Gasteiger partial charge in [0, 0.05) is 31.7 Å². The summed E-state index contributed by atoms with van der Waals surface area (Å²) in [5.41, 5.74) is 0. The Balaban J connectivity index is 1.66. The van der Waals surface area contributed by atoms with Gasteiger partial charge in [0.1, 0.15) is 5.76 Å². The fourth-order valence-electron chi connectivity index (χ4n) is 4.21. The summed E-state index contributed by atoms with van der Waals surface area (Å²) in [5, 5.41) is 7.13. The van der Waals surface area contributed by atoms with Gasteiger partial charge in [-0.25, -0.2) is 0 Å². The molecule has 0 radical (unpaired) electrons. The summed E-state index contributed by atoms with van der Waals surface area (Å²) >= 11 is 0. The van der Waals surface area contributed by atoms with Crippen LogP contribution in [0.2, 0.25) is 0 Å². The standard InChI is InChI=1S/C21H37N5O/c1-5-22-21(24-18-15-26(16(2)3)14-17(18)4)23-13-19(20-9-8-12-27-20)25-10-6-7-11-25/h8-9,12,16-19H,5-7,10-11,13-15H2,1-4H3,(H2,22,23,24). The van der Waals surface area contributed by atoms with Gasteiger partial charge in [-0.15, -0.1) is 0 Å². The molecule has 3 atom stereocenters. The molecule has 2 fully saturated rings. The van der Waals surface area contributed by atoms with Crippen LogP contribution < -0.4 is 10.6 Å². The maximum absolute atomic E-state index is 5.73. The molecule has 0 aromatic carbocycles. The normalized spacial score (nSPS) is 26.0. The Bertz CT molecular complexity index is 579. The number of furan rings is 1. The number of nitrogens with zero attached hydrogens (tertiary/aromatic N) is 3. The molecule has 6 nitrogen and oxygen atoms in total. The van der Waals surface area contributed by atoms with Crippen molar-refractivity contribution in [1.82, 2.24) is 20.4 Å². The summed E-state index contributed by atoms with van der Waals surface area (Å²) in [7, 11) is 0. The van der Waals surface area contributed by atoms with E-state index in [-0.39, 0.29) is 6.04 Å². The summed E-state index contributed by atoms with van der Waals surface area (Å²) in [5.74, 6) is 2.57. The molecule has 0 aliphatic carbocycles. The third kappa shape index (κ3) is 5.26. The van der Waals surface area contributed by atoms with E-state index in [1.807, 2.05) is 6.07 Å². The van der Waals surface area contributed by atoms with Gasteiger partial charge >= 0.3 is 0 Å². The first-order valence-corrected chi connectivity index (χ1v) is 10.6. The van der Waals surface area contributed by atoms with Crippen LogP contribution in [0.15, 0.2) is 27.8 Å². The lowest BCUT2D eigenvalue weighted by atomic mass is 10.1. The molecule has 0 bridgehead atoms. The van der Waals surface area contributed by atoms with Crippen LogP contribution in [0.5, 0.6) is 0 Å². The Hall–Kier alpha value is -1.53. The first-order chi connectivity index (χ1) is 13.1. The molecule has 152 valence electrons. The smallest absolute Gasteiger partial charge is 0.191 e. The zero-order valence-corrected chi connectivity index (χ0v) is 17.4. The third-order valence-corrected chi connectivity index (χ3v) is 5.91. The first kappa shape index (κ1) is 20.2. The van der Waals surface area contributed by atoms with Crippen LogP contribution in [0, 0.1) is 5.92 Å². The van der Waals surface area contributed by atoms with Crippen molar-refractivity contribution >= 4 is 5.96 Å². The minimum Gasteiger partial charge on any atom is -0.468 e. The highest BCUT2D eigenvalue weighted by Crippen LogP contribution is 2.26. The van der Waals surface area contributed by atoms with Gasteiger partial charge in [-0.2, -0.15) is 0 Å². The van der Waals surface area contributed by atoms with Gasteiger partial charge in [0.15, 0.2) is 5.96 Å². The molecular formula is C21H37N5O. The van der Waals surface area contributed by atoms with Gasteiger partial charge in [-0.1, -0.05) is 6.92 Å². The highest BCUT2D eigenvalue weighted by Gasteiger charge is 2.31. The third-order valence-electron chi connectivity index (χ3n) is 5.91. The van der Waals surface area contributed by atoms with E-state index in [1.165, 1.54) is 12.8 Å². The fraction of sp³-hybridized carbons (Fsp3) is 0.762. The van der Waals surface area contributed by atoms with Crippen molar-refractivity contribution < 1.29 is 4.42 Å². The van der Waals surface area contributed by atoms with Crippen molar-refractivity contribution in [3.8, 4) is 0 Å². The quantitative estimate of drug-likeness (QED) is 0.567. The molecule has 6 heteroatoms. The molecule has 0 amide bonds. The lowest BCUT2D eigenvalue weighted by Gasteiger charge is -2.25. The van der Waals surface area contributed by atoms with E-state index in [9.17, 15) is 0 Å². The molecule has 27 heavy (non-hydrogen) atoms. The molecule has 3 rings (SSSR count). The van der Waals surface area contributed by atoms with Gasteiger partial charge in [0.05, 0.1) is 18.8 Å². The van der Waals surface area contributed by atoms with E-state index in [2.05, 4.69) is 54.2 Å². The summed E-state index contributed by atoms with van der Waals surface area (Å²) in [6, 6.07) is 5.33. The number of hydrogen-bond acceptors (Lipinski definition) is 4. The number of aliphatic imine (C=N–C) groups is 1. The van der Waals surface area contributed by atoms with E-state index < -0.39 is 0 Å². The van der Waals surface area contributed by atoms with Crippen LogP contribution in [-0.4, -0.2) is 67.1 Å². The fourth-order valence-corrected chi connectivity index (χ4v) is 4.21. The Morgan fingerprint density at radius 3 is 2.63 bits per heavy atom. The van der Waals surface area contributed by atoms with E-state index in [4.69, 9.17) is 9.41 Å². The van der Waals surface area contributed by atoms with Gasteiger partial charge < -0.3 is 15.1 Å². The van der Waals surface area contributed by atoms with Crippen molar-refractivity contribution in [2.24, 2.45) is 10.9 Å². The largest absolute Gasteiger partial charge is 0.468 e. The molecule has 2 saturated heterocycles. The van der Waals surface area contributed by atoms with Crippen LogP contribution in [0.3, 0.4) is 0 Å². The predicted octanol–water partition coefficient (Wildman–Crippen LogP) is 2.70. The topological polar surface area (TPSA) is 56.0 Å². The summed E-state index contributed by atoms with van der Waals surface area (Å²) in [6.07, 6.45) is 4.31. The second-order valence-electron chi connectivity index (χ2n) is 8.27. The zero-order chi connectivity index (χ0) is 19.2. The molecule has 3 heterocycles. The van der Waals surface area contributed by atoms with Gasteiger partial charge in [0.25, 0.3) is 0 Å². The number of rotatable bonds is 7. The summed E-state index contributed by atoms with van der Waals surface area (Å²) in [6.45, 7) is 15.1. The molecule has 1 aromatic heterocycles. The molecule has 2 N–H and O–H groups in total. The number of nitrogens with one attached hydrogen (secondary N) is 2. The second kappa shape index (κ2) is 9.60. The molecule has 2 aliphatic heterocycles. The minimum atomic E-state index is 0.228. The number of hydrogen-bond donors (Lipinski definition) is 2. The monoisotopic (exact) mass is 375 g/mol. The predicted molar refractivity (Wildman–Crippen MR) is 111 cm³/mol.